The molecule has 0 radical (unpaired) electrons. The molecule has 0 fully saturated rings. The predicted octanol–water partition coefficient (Wildman–Crippen LogP) is 4.34. The second-order valence-electron chi connectivity index (χ2n) is 4.01. The highest BCUT2D eigenvalue weighted by molar-refractivity contribution is 5.81. The molecule has 1 rings (SSSR count). The van der Waals surface area contributed by atoms with Crippen molar-refractivity contribution in [2.45, 2.75) is 27.7 Å². The van der Waals surface area contributed by atoms with Crippen molar-refractivity contribution in [1.82, 2.24) is 0 Å². The molecular weight excluding hydrogens is 227 g/mol. The van der Waals surface area contributed by atoms with Crippen LogP contribution in [0.3, 0.4) is 0 Å². The summed E-state index contributed by atoms with van der Waals surface area (Å²) < 4.78 is 39.8. The van der Waals surface area contributed by atoms with Crippen molar-refractivity contribution in [1.29, 1.82) is 0 Å². The fourth-order valence-electron chi connectivity index (χ4n) is 1.50. The molecular formula is C13H14F3N. The SMILES string of the molecule is CC(C)=N/C(C)=C(\C)c1c(F)cc(F)cc1F. The molecule has 0 N–H and O–H groups in total. The zero-order chi connectivity index (χ0) is 13.2. The normalized spacial score (nSPS) is 12.2. The first-order valence-corrected chi connectivity index (χ1v) is 5.17. The minimum absolute atomic E-state index is 0.228. The summed E-state index contributed by atoms with van der Waals surface area (Å²) in [7, 11) is 0. The maximum absolute atomic E-state index is 13.5. The van der Waals surface area contributed by atoms with Crippen LogP contribution in [-0.2, 0) is 0 Å². The molecule has 0 saturated heterocycles. The van der Waals surface area contributed by atoms with Gasteiger partial charge in [-0.05, 0) is 33.3 Å². The maximum Gasteiger partial charge on any atom is 0.136 e. The number of rotatable bonds is 2. The van der Waals surface area contributed by atoms with Crippen LogP contribution in [0.4, 0.5) is 13.2 Å². The summed E-state index contributed by atoms with van der Waals surface area (Å²) in [5.41, 5.74) is 1.43. The van der Waals surface area contributed by atoms with Gasteiger partial charge in [0.05, 0.1) is 5.56 Å². The van der Waals surface area contributed by atoms with Gasteiger partial charge in [0.15, 0.2) is 0 Å². The summed E-state index contributed by atoms with van der Waals surface area (Å²) in [5.74, 6) is -2.75. The van der Waals surface area contributed by atoms with Crippen molar-refractivity contribution in [3.63, 3.8) is 0 Å². The van der Waals surface area contributed by atoms with Crippen molar-refractivity contribution < 1.29 is 13.2 Å². The molecule has 0 amide bonds. The minimum atomic E-state index is -0.927. The third kappa shape index (κ3) is 3.19. The summed E-state index contributed by atoms with van der Waals surface area (Å²) in [6, 6.07) is 1.33. The second-order valence-corrected chi connectivity index (χ2v) is 4.01. The van der Waals surface area contributed by atoms with E-state index in [9.17, 15) is 13.2 Å². The Balaban J connectivity index is 3.40. The number of halogens is 3. The average Bonchev–Trinajstić information content (AvgIpc) is 2.14. The van der Waals surface area contributed by atoms with Crippen molar-refractivity contribution in [2.75, 3.05) is 0 Å². The molecule has 0 aliphatic carbocycles. The lowest BCUT2D eigenvalue weighted by molar-refractivity contribution is 0.538. The van der Waals surface area contributed by atoms with Crippen LogP contribution in [0.15, 0.2) is 22.8 Å². The van der Waals surface area contributed by atoms with E-state index in [4.69, 9.17) is 0 Å². The second kappa shape index (κ2) is 5.17. The number of benzene rings is 1. The van der Waals surface area contributed by atoms with Crippen molar-refractivity contribution in [3.05, 3.63) is 40.8 Å². The molecule has 0 unspecified atom stereocenters. The minimum Gasteiger partial charge on any atom is -0.263 e. The van der Waals surface area contributed by atoms with Crippen LogP contribution in [0.5, 0.6) is 0 Å². The van der Waals surface area contributed by atoms with Crippen LogP contribution in [0.2, 0.25) is 0 Å². The molecule has 0 aliphatic heterocycles. The molecule has 0 aromatic heterocycles. The molecule has 1 aromatic rings. The van der Waals surface area contributed by atoms with Crippen LogP contribution < -0.4 is 0 Å². The largest absolute Gasteiger partial charge is 0.263 e. The fraction of sp³-hybridized carbons (Fsp3) is 0.308. The van der Waals surface area contributed by atoms with Gasteiger partial charge in [0.2, 0.25) is 0 Å². The van der Waals surface area contributed by atoms with E-state index in [1.807, 2.05) is 0 Å². The Hall–Kier alpha value is -1.58. The van der Waals surface area contributed by atoms with E-state index in [2.05, 4.69) is 4.99 Å². The highest BCUT2D eigenvalue weighted by atomic mass is 19.1. The van der Waals surface area contributed by atoms with Gasteiger partial charge in [-0.1, -0.05) is 0 Å². The van der Waals surface area contributed by atoms with Gasteiger partial charge in [-0.2, -0.15) is 0 Å². The summed E-state index contributed by atoms with van der Waals surface area (Å²) in [4.78, 5) is 4.13. The lowest BCUT2D eigenvalue weighted by Crippen LogP contribution is -1.97. The predicted molar refractivity (Wildman–Crippen MR) is 63.4 cm³/mol. The Morgan fingerprint density at radius 2 is 1.41 bits per heavy atom. The van der Waals surface area contributed by atoms with Crippen molar-refractivity contribution in [2.24, 2.45) is 4.99 Å². The van der Waals surface area contributed by atoms with Crippen LogP contribution in [0, 0.1) is 17.5 Å². The van der Waals surface area contributed by atoms with Crippen molar-refractivity contribution in [3.8, 4) is 0 Å². The van der Waals surface area contributed by atoms with Crippen LogP contribution in [0.1, 0.15) is 33.3 Å². The number of hydrogen-bond acceptors (Lipinski definition) is 1. The highest BCUT2D eigenvalue weighted by Gasteiger charge is 2.14. The van der Waals surface area contributed by atoms with E-state index < -0.39 is 17.5 Å². The van der Waals surface area contributed by atoms with Crippen molar-refractivity contribution >= 4 is 11.3 Å². The van der Waals surface area contributed by atoms with Gasteiger partial charge in [0, 0.05) is 23.5 Å². The molecule has 0 spiro atoms. The van der Waals surface area contributed by atoms with E-state index in [1.165, 1.54) is 0 Å². The molecule has 0 heterocycles. The molecule has 1 nitrogen and oxygen atoms in total. The molecule has 4 heteroatoms. The Bertz CT molecular complexity index is 474. The van der Waals surface area contributed by atoms with Gasteiger partial charge >= 0.3 is 0 Å². The molecule has 0 atom stereocenters. The number of nitrogens with zero attached hydrogens (tertiary/aromatic N) is 1. The Morgan fingerprint density at radius 1 is 0.941 bits per heavy atom. The third-order valence-electron chi connectivity index (χ3n) is 2.32. The standard InChI is InChI=1S/C13H14F3N/c1-7(2)17-9(4)8(3)13-11(15)5-10(14)6-12(13)16/h5-6H,1-4H3/b9-8+. The highest BCUT2D eigenvalue weighted by Crippen LogP contribution is 2.25. The number of allylic oxidation sites excluding steroid dienone is 2. The molecule has 17 heavy (non-hydrogen) atoms. The Morgan fingerprint density at radius 3 is 1.82 bits per heavy atom. The first-order valence-electron chi connectivity index (χ1n) is 5.17. The van der Waals surface area contributed by atoms with Crippen LogP contribution in [-0.4, -0.2) is 5.71 Å². The van der Waals surface area contributed by atoms with Gasteiger partial charge in [0.1, 0.15) is 17.5 Å². The summed E-state index contributed by atoms with van der Waals surface area (Å²) >= 11 is 0. The van der Waals surface area contributed by atoms with Gasteiger partial charge in [-0.15, -0.1) is 0 Å². The topological polar surface area (TPSA) is 12.4 Å². The maximum atomic E-state index is 13.5. The van der Waals surface area contributed by atoms with Gasteiger partial charge < -0.3 is 0 Å². The fourth-order valence-corrected chi connectivity index (χ4v) is 1.50. The van der Waals surface area contributed by atoms with Crippen LogP contribution >= 0.6 is 0 Å². The average molecular weight is 241 g/mol. The van der Waals surface area contributed by atoms with E-state index in [0.29, 0.717) is 23.4 Å². The quantitative estimate of drug-likeness (QED) is 0.683. The van der Waals surface area contributed by atoms with Gasteiger partial charge in [-0.25, -0.2) is 13.2 Å². The molecule has 0 saturated carbocycles. The van der Waals surface area contributed by atoms with E-state index in [-0.39, 0.29) is 5.56 Å². The van der Waals surface area contributed by atoms with E-state index in [1.54, 1.807) is 27.7 Å². The summed E-state index contributed by atoms with van der Waals surface area (Å²) in [6.45, 7) is 6.79. The number of hydrogen-bond donors (Lipinski definition) is 0. The smallest absolute Gasteiger partial charge is 0.136 e. The number of aliphatic imine (C=N–C) groups is 1. The third-order valence-corrected chi connectivity index (χ3v) is 2.32. The molecule has 92 valence electrons. The molecule has 0 aliphatic rings. The zero-order valence-corrected chi connectivity index (χ0v) is 10.2. The molecule has 0 bridgehead atoms. The summed E-state index contributed by atoms with van der Waals surface area (Å²) in [5, 5.41) is 0. The Kier molecular flexibility index (Phi) is 4.10. The lowest BCUT2D eigenvalue weighted by atomic mass is 10.0. The monoisotopic (exact) mass is 241 g/mol. The van der Waals surface area contributed by atoms with Gasteiger partial charge in [-0.3, -0.25) is 4.99 Å². The molecule has 1 aromatic carbocycles. The summed E-state index contributed by atoms with van der Waals surface area (Å²) in [6.07, 6.45) is 0. The Labute approximate surface area is 98.7 Å². The van der Waals surface area contributed by atoms with E-state index >= 15 is 0 Å². The van der Waals surface area contributed by atoms with Gasteiger partial charge in [0.25, 0.3) is 0 Å². The lowest BCUT2D eigenvalue weighted by Gasteiger charge is -2.08. The first kappa shape index (κ1) is 13.5. The van der Waals surface area contributed by atoms with Crippen LogP contribution in [0.25, 0.3) is 5.57 Å². The van der Waals surface area contributed by atoms with E-state index in [0.717, 1.165) is 5.71 Å². The first-order chi connectivity index (χ1) is 7.82. The zero-order valence-electron chi connectivity index (χ0n) is 10.2.